The number of aromatic nitrogens is 2. The van der Waals surface area contributed by atoms with Crippen LogP contribution >= 0.6 is 0 Å². The highest BCUT2D eigenvalue weighted by molar-refractivity contribution is 5.74. The summed E-state index contributed by atoms with van der Waals surface area (Å²) in [5.41, 5.74) is -0.573. The maximum Gasteiger partial charge on any atom is 0.394 e. The van der Waals surface area contributed by atoms with Crippen molar-refractivity contribution >= 4 is 23.0 Å². The van der Waals surface area contributed by atoms with Gasteiger partial charge in [0, 0.05) is 16.8 Å². The molecule has 0 amide bonds. The molecule has 0 saturated heterocycles. The Balaban J connectivity index is 2.14. The van der Waals surface area contributed by atoms with Crippen molar-refractivity contribution in [1.29, 1.82) is 0 Å². The molecule has 0 spiro atoms. The number of halogens is 3. The van der Waals surface area contributed by atoms with Crippen molar-refractivity contribution < 1.29 is 13.2 Å². The van der Waals surface area contributed by atoms with Gasteiger partial charge in [-0.2, -0.15) is 13.2 Å². The zero-order chi connectivity index (χ0) is 25.4. The summed E-state index contributed by atoms with van der Waals surface area (Å²) in [5, 5.41) is 6.59. The standard InChI is InChI=1S/C27H33F3N4/c1-24(2,3)19-15-11-12-16-20(19)33-23-22(32-18-13-9-8-10-14-18)31-17-21(34-23)25(4,5)26(6,7)27(28,29)30/h8-17H,1-7H3,(H,31,32)(H,33,34). The third-order valence-electron chi connectivity index (χ3n) is 6.71. The van der Waals surface area contributed by atoms with E-state index in [2.05, 4.69) is 36.4 Å². The van der Waals surface area contributed by atoms with Gasteiger partial charge in [-0.15, -0.1) is 0 Å². The lowest BCUT2D eigenvalue weighted by molar-refractivity contribution is -0.232. The van der Waals surface area contributed by atoms with Crippen molar-refractivity contribution in [2.24, 2.45) is 5.41 Å². The average molecular weight is 471 g/mol. The van der Waals surface area contributed by atoms with E-state index in [1.807, 2.05) is 54.6 Å². The molecule has 0 aliphatic heterocycles. The monoisotopic (exact) mass is 470 g/mol. The van der Waals surface area contributed by atoms with E-state index in [4.69, 9.17) is 4.98 Å². The molecule has 1 aromatic heterocycles. The Morgan fingerprint density at radius 2 is 1.29 bits per heavy atom. The molecule has 34 heavy (non-hydrogen) atoms. The summed E-state index contributed by atoms with van der Waals surface area (Å²) in [4.78, 5) is 9.22. The number of rotatable bonds is 6. The minimum Gasteiger partial charge on any atom is -0.337 e. The number of alkyl halides is 3. The van der Waals surface area contributed by atoms with Gasteiger partial charge in [-0.05, 0) is 29.2 Å². The lowest BCUT2D eigenvalue weighted by Crippen LogP contribution is -2.48. The minimum atomic E-state index is -4.41. The maximum absolute atomic E-state index is 13.9. The summed E-state index contributed by atoms with van der Waals surface area (Å²) in [6, 6.07) is 17.3. The number of nitrogens with zero attached hydrogens (tertiary/aromatic N) is 2. The van der Waals surface area contributed by atoms with Gasteiger partial charge in [0.1, 0.15) is 0 Å². The number of benzene rings is 2. The van der Waals surface area contributed by atoms with Crippen LogP contribution in [-0.2, 0) is 10.8 Å². The van der Waals surface area contributed by atoms with Crippen LogP contribution in [0.25, 0.3) is 0 Å². The first kappa shape index (κ1) is 25.5. The van der Waals surface area contributed by atoms with E-state index in [9.17, 15) is 13.2 Å². The van der Waals surface area contributed by atoms with Crippen LogP contribution in [0.5, 0.6) is 0 Å². The van der Waals surface area contributed by atoms with E-state index in [0.717, 1.165) is 16.9 Å². The molecule has 0 radical (unpaired) electrons. The zero-order valence-corrected chi connectivity index (χ0v) is 20.8. The molecule has 3 rings (SSSR count). The zero-order valence-electron chi connectivity index (χ0n) is 20.8. The molecule has 0 saturated carbocycles. The maximum atomic E-state index is 13.9. The Hall–Kier alpha value is -3.09. The summed E-state index contributed by atoms with van der Waals surface area (Å²) < 4.78 is 41.8. The van der Waals surface area contributed by atoms with Gasteiger partial charge in [-0.3, -0.25) is 0 Å². The van der Waals surface area contributed by atoms with Crippen molar-refractivity contribution in [3.63, 3.8) is 0 Å². The van der Waals surface area contributed by atoms with Crippen LogP contribution in [0.4, 0.5) is 36.2 Å². The van der Waals surface area contributed by atoms with Gasteiger partial charge in [0.15, 0.2) is 11.6 Å². The fraction of sp³-hybridized carbons (Fsp3) is 0.407. The van der Waals surface area contributed by atoms with E-state index in [-0.39, 0.29) is 11.1 Å². The van der Waals surface area contributed by atoms with Gasteiger partial charge in [0.2, 0.25) is 0 Å². The molecule has 0 unspecified atom stereocenters. The molecule has 2 aromatic carbocycles. The first-order valence-corrected chi connectivity index (χ1v) is 11.3. The Morgan fingerprint density at radius 1 is 0.706 bits per heavy atom. The molecule has 7 heteroatoms. The molecule has 0 aliphatic carbocycles. The van der Waals surface area contributed by atoms with Gasteiger partial charge in [0.25, 0.3) is 0 Å². The predicted octanol–water partition coefficient (Wildman–Crippen LogP) is 8.13. The number of hydrogen-bond donors (Lipinski definition) is 2. The molecule has 0 fully saturated rings. The van der Waals surface area contributed by atoms with Crippen molar-refractivity contribution in [3.8, 4) is 0 Å². The lowest BCUT2D eigenvalue weighted by Gasteiger charge is -2.42. The topological polar surface area (TPSA) is 49.8 Å². The highest BCUT2D eigenvalue weighted by Gasteiger charge is 2.57. The number of para-hydroxylation sites is 2. The summed E-state index contributed by atoms with van der Waals surface area (Å²) in [6.07, 6.45) is -2.98. The van der Waals surface area contributed by atoms with Crippen molar-refractivity contribution in [2.45, 2.75) is 65.5 Å². The van der Waals surface area contributed by atoms with Gasteiger partial charge < -0.3 is 10.6 Å². The van der Waals surface area contributed by atoms with Gasteiger partial charge in [0.05, 0.1) is 17.3 Å². The second-order valence-electron chi connectivity index (χ2n) is 10.6. The summed E-state index contributed by atoms with van der Waals surface area (Å²) in [5.74, 6) is 0.795. The Morgan fingerprint density at radius 3 is 1.88 bits per heavy atom. The van der Waals surface area contributed by atoms with E-state index in [1.165, 1.54) is 20.0 Å². The van der Waals surface area contributed by atoms with Crippen LogP contribution in [0.15, 0.2) is 60.8 Å². The lowest BCUT2D eigenvalue weighted by atomic mass is 9.65. The Bertz CT molecular complexity index is 1130. The number of hydrogen-bond acceptors (Lipinski definition) is 4. The molecular formula is C27H33F3N4. The van der Waals surface area contributed by atoms with Crippen molar-refractivity contribution in [1.82, 2.24) is 9.97 Å². The molecule has 2 N–H and O–H groups in total. The molecule has 182 valence electrons. The molecule has 0 aliphatic rings. The fourth-order valence-corrected chi connectivity index (χ4v) is 3.58. The number of nitrogens with one attached hydrogen (secondary N) is 2. The SMILES string of the molecule is CC(C)(C)c1ccccc1Nc1nc(C(C)(C)C(C)(C)C(F)(F)F)cnc1Nc1ccccc1. The number of anilines is 4. The first-order chi connectivity index (χ1) is 15.6. The predicted molar refractivity (Wildman–Crippen MR) is 133 cm³/mol. The van der Waals surface area contributed by atoms with Crippen LogP contribution < -0.4 is 10.6 Å². The van der Waals surface area contributed by atoms with Crippen LogP contribution in [0, 0.1) is 5.41 Å². The largest absolute Gasteiger partial charge is 0.394 e. The molecule has 3 aromatic rings. The minimum absolute atomic E-state index is 0.154. The summed E-state index contributed by atoms with van der Waals surface area (Å²) in [6.45, 7) is 11.8. The molecule has 0 atom stereocenters. The molecule has 4 nitrogen and oxygen atoms in total. The second-order valence-corrected chi connectivity index (χ2v) is 10.6. The fourth-order valence-electron chi connectivity index (χ4n) is 3.58. The normalized spacial score (nSPS) is 13.0. The van der Waals surface area contributed by atoms with Crippen LogP contribution in [0.2, 0.25) is 0 Å². The molecule has 0 bridgehead atoms. The van der Waals surface area contributed by atoms with Crippen LogP contribution in [-0.4, -0.2) is 16.1 Å². The highest BCUT2D eigenvalue weighted by atomic mass is 19.4. The second kappa shape index (κ2) is 8.93. The first-order valence-electron chi connectivity index (χ1n) is 11.3. The van der Waals surface area contributed by atoms with Gasteiger partial charge in [-0.25, -0.2) is 9.97 Å². The van der Waals surface area contributed by atoms with E-state index in [0.29, 0.717) is 11.6 Å². The smallest absolute Gasteiger partial charge is 0.337 e. The van der Waals surface area contributed by atoms with Crippen molar-refractivity contribution in [2.75, 3.05) is 10.6 Å². The van der Waals surface area contributed by atoms with Gasteiger partial charge in [-0.1, -0.05) is 84.9 Å². The third-order valence-corrected chi connectivity index (χ3v) is 6.71. The quantitative estimate of drug-likeness (QED) is 0.382. The Labute approximate surface area is 200 Å². The highest BCUT2D eigenvalue weighted by Crippen LogP contribution is 2.51. The van der Waals surface area contributed by atoms with E-state index in [1.54, 1.807) is 13.8 Å². The van der Waals surface area contributed by atoms with E-state index >= 15 is 0 Å². The van der Waals surface area contributed by atoms with E-state index < -0.39 is 17.0 Å². The van der Waals surface area contributed by atoms with Gasteiger partial charge >= 0.3 is 6.18 Å². The molecule has 1 heterocycles. The van der Waals surface area contributed by atoms with Crippen LogP contribution in [0.1, 0.15) is 59.7 Å². The van der Waals surface area contributed by atoms with Crippen LogP contribution in [0.3, 0.4) is 0 Å². The van der Waals surface area contributed by atoms with Crippen molar-refractivity contribution in [3.05, 3.63) is 72.1 Å². The average Bonchev–Trinajstić information content (AvgIpc) is 2.74. The molecular weight excluding hydrogens is 437 g/mol. The Kier molecular flexibility index (Phi) is 6.71. The third kappa shape index (κ3) is 5.03. The summed E-state index contributed by atoms with van der Waals surface area (Å²) >= 11 is 0. The summed E-state index contributed by atoms with van der Waals surface area (Å²) in [7, 11) is 0.